The average Bonchev–Trinajstić information content (AvgIpc) is 3.34. The number of ether oxygens (including phenoxy) is 3. The molecule has 2 heterocycles. The predicted octanol–water partition coefficient (Wildman–Crippen LogP) is 5.07. The number of aromatic nitrogens is 1. The van der Waals surface area contributed by atoms with E-state index in [4.69, 9.17) is 19.0 Å². The lowest BCUT2D eigenvalue weighted by Gasteiger charge is -2.23. The maximum Gasteiger partial charge on any atom is 0.408 e. The van der Waals surface area contributed by atoms with Gasteiger partial charge in [0, 0.05) is 29.5 Å². The fraction of sp³-hybridized carbons (Fsp3) is 0.379. The standard InChI is InChI=1S/C29H33N3O6/c1-18-14-20(23-8-6-7-9-24(23)30-18)17-36-21-12-10-19(11-13-21)25-15-22(38-32-25)16-26(27(33)35-5)31-28(34)37-29(2,3)4/h6-14,22,26H,15-17H2,1-5H3,(H,31,34). The molecule has 0 radical (unpaired) electrons. The molecule has 0 saturated carbocycles. The van der Waals surface area contributed by atoms with Crippen molar-refractivity contribution in [2.75, 3.05) is 7.11 Å². The summed E-state index contributed by atoms with van der Waals surface area (Å²) in [5.41, 5.74) is 3.92. The van der Waals surface area contributed by atoms with Gasteiger partial charge in [-0.3, -0.25) is 4.98 Å². The van der Waals surface area contributed by atoms with E-state index < -0.39 is 29.8 Å². The number of fused-ring (bicyclic) bond motifs is 1. The van der Waals surface area contributed by atoms with Crippen LogP contribution in [-0.2, 0) is 25.7 Å². The second-order valence-corrected chi connectivity index (χ2v) is 10.2. The monoisotopic (exact) mass is 519 g/mol. The number of hydrogen-bond donors (Lipinski definition) is 1. The topological polar surface area (TPSA) is 108 Å². The molecule has 2 unspecified atom stereocenters. The average molecular weight is 520 g/mol. The van der Waals surface area contributed by atoms with E-state index in [-0.39, 0.29) is 6.42 Å². The van der Waals surface area contributed by atoms with Gasteiger partial charge in [0.15, 0.2) is 0 Å². The Hall–Kier alpha value is -4.14. The highest BCUT2D eigenvalue weighted by atomic mass is 16.6. The zero-order chi connectivity index (χ0) is 27.3. The number of nitrogens with zero attached hydrogens (tertiary/aromatic N) is 2. The minimum Gasteiger partial charge on any atom is -0.489 e. The zero-order valence-corrected chi connectivity index (χ0v) is 22.3. The normalized spacial score (nSPS) is 15.8. The number of rotatable bonds is 8. The molecule has 200 valence electrons. The number of carbonyl (C=O) groups is 2. The molecule has 0 fully saturated rings. The van der Waals surface area contributed by atoms with Crippen molar-refractivity contribution in [1.82, 2.24) is 10.3 Å². The van der Waals surface area contributed by atoms with Crippen LogP contribution in [0.5, 0.6) is 5.75 Å². The highest BCUT2D eigenvalue weighted by Crippen LogP contribution is 2.24. The van der Waals surface area contributed by atoms with E-state index in [0.717, 1.165) is 39.2 Å². The summed E-state index contributed by atoms with van der Waals surface area (Å²) in [6.45, 7) is 7.65. The van der Waals surface area contributed by atoms with Crippen LogP contribution >= 0.6 is 0 Å². The van der Waals surface area contributed by atoms with Crippen LogP contribution in [0.1, 0.15) is 50.4 Å². The predicted molar refractivity (Wildman–Crippen MR) is 143 cm³/mol. The van der Waals surface area contributed by atoms with Crippen LogP contribution in [0.15, 0.2) is 59.8 Å². The SMILES string of the molecule is COC(=O)C(CC1CC(c2ccc(OCc3cc(C)nc4ccccc34)cc2)=NO1)NC(=O)OC(C)(C)C. The maximum absolute atomic E-state index is 12.2. The zero-order valence-electron chi connectivity index (χ0n) is 22.3. The van der Waals surface area contributed by atoms with E-state index in [9.17, 15) is 9.59 Å². The summed E-state index contributed by atoms with van der Waals surface area (Å²) in [5.74, 6) is 0.155. The first kappa shape index (κ1) is 26.9. The van der Waals surface area contributed by atoms with Gasteiger partial charge >= 0.3 is 12.1 Å². The molecule has 0 saturated heterocycles. The molecule has 1 N–H and O–H groups in total. The molecule has 1 aliphatic heterocycles. The Labute approximate surface area is 222 Å². The molecule has 4 rings (SSSR count). The number of oxime groups is 1. The number of carbonyl (C=O) groups excluding carboxylic acids is 2. The molecule has 9 heteroatoms. The summed E-state index contributed by atoms with van der Waals surface area (Å²) in [4.78, 5) is 34.6. The van der Waals surface area contributed by atoms with E-state index in [1.54, 1.807) is 20.8 Å². The maximum atomic E-state index is 12.2. The van der Waals surface area contributed by atoms with E-state index in [1.807, 2.05) is 61.5 Å². The van der Waals surface area contributed by atoms with Gasteiger partial charge in [-0.05, 0) is 69.7 Å². The second kappa shape index (κ2) is 11.5. The van der Waals surface area contributed by atoms with Crippen LogP contribution < -0.4 is 10.1 Å². The van der Waals surface area contributed by atoms with Crippen LogP contribution in [-0.4, -0.2) is 47.6 Å². The van der Waals surface area contributed by atoms with Gasteiger partial charge in [-0.1, -0.05) is 23.4 Å². The number of esters is 1. The van der Waals surface area contributed by atoms with Crippen LogP contribution in [0.3, 0.4) is 0 Å². The summed E-state index contributed by atoms with van der Waals surface area (Å²) in [6, 6.07) is 16.8. The largest absolute Gasteiger partial charge is 0.489 e. The number of para-hydroxylation sites is 1. The third-order valence-corrected chi connectivity index (χ3v) is 5.92. The van der Waals surface area contributed by atoms with Gasteiger partial charge in [-0.25, -0.2) is 9.59 Å². The van der Waals surface area contributed by atoms with Gasteiger partial charge < -0.3 is 24.4 Å². The van der Waals surface area contributed by atoms with Crippen molar-refractivity contribution >= 4 is 28.7 Å². The van der Waals surface area contributed by atoms with Crippen LogP contribution in [0.2, 0.25) is 0 Å². The molecular formula is C29H33N3O6. The van der Waals surface area contributed by atoms with Gasteiger partial charge in [0.2, 0.25) is 0 Å². The number of hydrogen-bond acceptors (Lipinski definition) is 8. The lowest BCUT2D eigenvalue weighted by atomic mass is 10.0. The molecule has 0 spiro atoms. The minimum atomic E-state index is -0.918. The second-order valence-electron chi connectivity index (χ2n) is 10.2. The third kappa shape index (κ3) is 7.00. The minimum absolute atomic E-state index is 0.194. The van der Waals surface area contributed by atoms with Crippen molar-refractivity contribution < 1.29 is 28.6 Å². The van der Waals surface area contributed by atoms with Gasteiger partial charge in [0.25, 0.3) is 0 Å². The Morgan fingerprint density at radius 2 is 1.87 bits per heavy atom. The highest BCUT2D eigenvalue weighted by Gasteiger charge is 2.32. The molecule has 1 aliphatic rings. The van der Waals surface area contributed by atoms with Crippen LogP contribution in [0.25, 0.3) is 10.9 Å². The number of nitrogens with one attached hydrogen (secondary N) is 1. The third-order valence-electron chi connectivity index (χ3n) is 5.92. The highest BCUT2D eigenvalue weighted by molar-refractivity contribution is 6.01. The van der Waals surface area contributed by atoms with Crippen molar-refractivity contribution in [3.8, 4) is 5.75 Å². The molecule has 1 aromatic heterocycles. The van der Waals surface area contributed by atoms with Gasteiger partial charge in [-0.15, -0.1) is 0 Å². The molecule has 38 heavy (non-hydrogen) atoms. The van der Waals surface area contributed by atoms with Gasteiger partial charge in [0.1, 0.15) is 30.1 Å². The summed E-state index contributed by atoms with van der Waals surface area (Å²) in [5, 5.41) is 7.85. The first-order valence-electron chi connectivity index (χ1n) is 12.5. The summed E-state index contributed by atoms with van der Waals surface area (Å²) in [6.07, 6.45) is -0.425. The Morgan fingerprint density at radius 1 is 1.13 bits per heavy atom. The van der Waals surface area contributed by atoms with E-state index in [0.29, 0.717) is 13.0 Å². The lowest BCUT2D eigenvalue weighted by molar-refractivity contribution is -0.144. The Bertz CT molecular complexity index is 1330. The van der Waals surface area contributed by atoms with Crippen molar-refractivity contribution in [3.63, 3.8) is 0 Å². The summed E-state index contributed by atoms with van der Waals surface area (Å²) >= 11 is 0. The first-order chi connectivity index (χ1) is 18.1. The van der Waals surface area contributed by atoms with Crippen LogP contribution in [0.4, 0.5) is 4.79 Å². The van der Waals surface area contributed by atoms with Crippen molar-refractivity contribution in [3.05, 3.63) is 71.4 Å². The summed E-state index contributed by atoms with van der Waals surface area (Å²) in [7, 11) is 1.27. The molecule has 1 amide bonds. The lowest BCUT2D eigenvalue weighted by Crippen LogP contribution is -2.45. The number of aryl methyl sites for hydroxylation is 1. The van der Waals surface area contributed by atoms with E-state index in [1.165, 1.54) is 7.11 Å². The molecule has 2 atom stereocenters. The molecule has 0 bridgehead atoms. The fourth-order valence-corrected chi connectivity index (χ4v) is 4.21. The van der Waals surface area contributed by atoms with Gasteiger partial charge in [0.05, 0.1) is 18.3 Å². The first-order valence-corrected chi connectivity index (χ1v) is 12.5. The van der Waals surface area contributed by atoms with Crippen molar-refractivity contribution in [2.45, 2.75) is 64.9 Å². The molecule has 3 aromatic rings. The van der Waals surface area contributed by atoms with Gasteiger partial charge in [-0.2, -0.15) is 0 Å². The molecule has 0 aliphatic carbocycles. The van der Waals surface area contributed by atoms with Crippen molar-refractivity contribution in [2.24, 2.45) is 5.16 Å². The number of pyridine rings is 1. The Balaban J connectivity index is 1.34. The fourth-order valence-electron chi connectivity index (χ4n) is 4.21. The smallest absolute Gasteiger partial charge is 0.408 e. The number of amides is 1. The molecular weight excluding hydrogens is 486 g/mol. The molecule has 9 nitrogen and oxygen atoms in total. The Kier molecular flexibility index (Phi) is 8.14. The quantitative estimate of drug-likeness (QED) is 0.414. The van der Waals surface area contributed by atoms with Crippen LogP contribution in [0, 0.1) is 6.92 Å². The number of methoxy groups -OCH3 is 1. The Morgan fingerprint density at radius 3 is 2.58 bits per heavy atom. The molecule has 2 aromatic carbocycles. The number of alkyl carbamates (subject to hydrolysis) is 1. The van der Waals surface area contributed by atoms with Crippen molar-refractivity contribution in [1.29, 1.82) is 0 Å². The number of benzene rings is 2. The van der Waals surface area contributed by atoms with E-state index in [2.05, 4.69) is 15.5 Å². The summed E-state index contributed by atoms with van der Waals surface area (Å²) < 4.78 is 16.2. The van der Waals surface area contributed by atoms with E-state index >= 15 is 0 Å².